The van der Waals surface area contributed by atoms with E-state index in [9.17, 15) is 14.0 Å². The molecule has 3 heterocycles. The smallest absolute Gasteiger partial charge is 0.339 e. The number of nitrogens with one attached hydrogen (secondary N) is 1. The van der Waals surface area contributed by atoms with Crippen LogP contribution in [0.5, 0.6) is 0 Å². The van der Waals surface area contributed by atoms with Gasteiger partial charge in [-0.3, -0.25) is 4.79 Å². The number of aromatic nitrogens is 3. The van der Waals surface area contributed by atoms with E-state index in [1.165, 1.54) is 17.2 Å². The Morgan fingerprint density at radius 2 is 1.84 bits per heavy atom. The quantitative estimate of drug-likeness (QED) is 0.137. The van der Waals surface area contributed by atoms with Crippen molar-refractivity contribution in [3.63, 3.8) is 0 Å². The second-order valence-corrected chi connectivity index (χ2v) is 10.9. The average molecular weight is 612 g/mol. The van der Waals surface area contributed by atoms with Crippen molar-refractivity contribution >= 4 is 23.7 Å². The van der Waals surface area contributed by atoms with Gasteiger partial charge in [0, 0.05) is 36.0 Å². The van der Waals surface area contributed by atoms with Gasteiger partial charge in [0.15, 0.2) is 5.65 Å². The van der Waals surface area contributed by atoms with Crippen LogP contribution in [0.3, 0.4) is 0 Å². The molecule has 1 N–H and O–H groups in total. The molecule has 2 aromatic carbocycles. The van der Waals surface area contributed by atoms with Crippen molar-refractivity contribution in [3.8, 4) is 11.3 Å². The topological polar surface area (TPSA) is 101 Å². The van der Waals surface area contributed by atoms with Gasteiger partial charge in [-0.05, 0) is 81.8 Å². The highest BCUT2D eigenvalue weighted by molar-refractivity contribution is 6.08. The number of aryl methyl sites for hydroxylation is 1. The Kier molecular flexibility index (Phi) is 11.0. The Labute approximate surface area is 264 Å². The first-order valence-corrected chi connectivity index (χ1v) is 15.7. The van der Waals surface area contributed by atoms with Gasteiger partial charge in [0.05, 0.1) is 23.9 Å². The van der Waals surface area contributed by atoms with Gasteiger partial charge in [-0.25, -0.2) is 18.7 Å². The summed E-state index contributed by atoms with van der Waals surface area (Å²) >= 11 is 0. The highest BCUT2D eigenvalue weighted by Crippen LogP contribution is 2.41. The molecule has 0 radical (unpaired) electrons. The molecule has 1 amide bonds. The van der Waals surface area contributed by atoms with Crippen molar-refractivity contribution in [2.75, 3.05) is 13.2 Å². The number of ether oxygens (including phenoxy) is 1. The number of fused-ring (bicyclic) bond motifs is 2. The summed E-state index contributed by atoms with van der Waals surface area (Å²) in [6.45, 7) is 12.4. The number of hydrogen-bond donors (Lipinski definition) is 1. The Morgan fingerprint density at radius 3 is 2.49 bits per heavy atom. The number of rotatable bonds is 6. The van der Waals surface area contributed by atoms with E-state index in [-0.39, 0.29) is 17.8 Å². The van der Waals surface area contributed by atoms with E-state index in [1.807, 2.05) is 43.9 Å². The molecule has 0 spiro atoms. The first-order valence-electron chi connectivity index (χ1n) is 15.7. The Balaban J connectivity index is 0.000000331. The summed E-state index contributed by atoms with van der Waals surface area (Å²) in [7, 11) is 0. The van der Waals surface area contributed by atoms with Crippen LogP contribution in [0.25, 0.3) is 16.9 Å². The molecule has 6 rings (SSSR count). The first kappa shape index (κ1) is 33.2. The lowest BCUT2D eigenvalue weighted by Gasteiger charge is -2.35. The summed E-state index contributed by atoms with van der Waals surface area (Å²) in [6, 6.07) is 17.1. The molecule has 1 aliphatic heterocycles. The third kappa shape index (κ3) is 7.36. The zero-order chi connectivity index (χ0) is 32.7. The SMILES string of the molecule is C/C=C(\C=N)C(=O)OCC.CC.Cc1ccc(-c2cc3nc(C(=O)N4CCc5ccccc5C4C)cc(C4CC4)n3n2)c(F)c1. The molecule has 8 nitrogen and oxygen atoms in total. The fourth-order valence-electron chi connectivity index (χ4n) is 5.41. The molecular weight excluding hydrogens is 569 g/mol. The van der Waals surface area contributed by atoms with E-state index >= 15 is 0 Å². The van der Waals surface area contributed by atoms with E-state index in [2.05, 4.69) is 35.0 Å². The van der Waals surface area contributed by atoms with Gasteiger partial charge in [0.2, 0.25) is 0 Å². The van der Waals surface area contributed by atoms with Gasteiger partial charge in [0.1, 0.15) is 11.5 Å². The average Bonchev–Trinajstić information content (AvgIpc) is 3.81. The standard InChI is InChI=1S/C27H25FN4O.C7H11NO2.C2H6/c1-16-7-10-21(22(28)13-16)23-15-26-29-24(14-25(19-8-9-19)32(26)30-23)27(33)31-12-11-18-5-3-4-6-20(18)17(31)2;1-3-6(5-8)7(9)10-4-2;1-2/h3-7,10,13-15,17,19H,8-9,11-12H2,1-2H3;3,5,8H,4H2,1-2H3;1-2H3/b;6-3+,8-5?;. The van der Waals surface area contributed by atoms with Crippen LogP contribution in [-0.2, 0) is 16.0 Å². The van der Waals surface area contributed by atoms with Gasteiger partial charge in [0.25, 0.3) is 5.91 Å². The van der Waals surface area contributed by atoms with E-state index in [4.69, 9.17) is 10.4 Å². The second-order valence-electron chi connectivity index (χ2n) is 10.9. The van der Waals surface area contributed by atoms with Crippen LogP contribution in [0.15, 0.2) is 66.2 Å². The molecule has 1 saturated carbocycles. The molecule has 1 atom stereocenters. The molecule has 2 aromatic heterocycles. The van der Waals surface area contributed by atoms with Crippen LogP contribution in [-0.4, -0.2) is 50.7 Å². The van der Waals surface area contributed by atoms with Crippen molar-refractivity contribution in [2.45, 2.75) is 72.8 Å². The fourth-order valence-corrected chi connectivity index (χ4v) is 5.41. The highest BCUT2D eigenvalue weighted by Gasteiger charge is 2.32. The van der Waals surface area contributed by atoms with Crippen LogP contribution in [0.4, 0.5) is 4.39 Å². The minimum Gasteiger partial charge on any atom is -0.462 e. The fraction of sp³-hybridized carbons (Fsp3) is 0.361. The maximum Gasteiger partial charge on any atom is 0.339 e. The van der Waals surface area contributed by atoms with Crippen molar-refractivity contribution < 1.29 is 18.7 Å². The largest absolute Gasteiger partial charge is 0.462 e. The van der Waals surface area contributed by atoms with Gasteiger partial charge >= 0.3 is 5.97 Å². The van der Waals surface area contributed by atoms with Crippen LogP contribution in [0.1, 0.15) is 92.3 Å². The van der Waals surface area contributed by atoms with E-state index < -0.39 is 5.97 Å². The molecule has 9 heteroatoms. The summed E-state index contributed by atoms with van der Waals surface area (Å²) in [4.78, 5) is 31.0. The summed E-state index contributed by atoms with van der Waals surface area (Å²) in [5.74, 6) is -0.439. The molecule has 4 aromatic rings. The van der Waals surface area contributed by atoms with Crippen molar-refractivity contribution in [2.24, 2.45) is 0 Å². The van der Waals surface area contributed by atoms with Gasteiger partial charge in [-0.2, -0.15) is 5.10 Å². The number of carbonyl (C=O) groups is 2. The van der Waals surface area contributed by atoms with Crippen LogP contribution in [0.2, 0.25) is 0 Å². The summed E-state index contributed by atoms with van der Waals surface area (Å²) in [5, 5.41) is 11.5. The van der Waals surface area contributed by atoms with Crippen molar-refractivity contribution in [1.82, 2.24) is 19.5 Å². The number of benzene rings is 2. The highest BCUT2D eigenvalue weighted by atomic mass is 19.1. The maximum absolute atomic E-state index is 14.6. The van der Waals surface area contributed by atoms with Gasteiger partial charge in [-0.1, -0.05) is 50.3 Å². The molecule has 0 saturated heterocycles. The molecular formula is C36H42FN5O3. The maximum atomic E-state index is 14.6. The zero-order valence-corrected chi connectivity index (χ0v) is 26.9. The summed E-state index contributed by atoms with van der Waals surface area (Å²) < 4.78 is 21.0. The van der Waals surface area contributed by atoms with Crippen LogP contribution in [0, 0.1) is 18.2 Å². The molecule has 1 unspecified atom stereocenters. The van der Waals surface area contributed by atoms with Crippen molar-refractivity contribution in [1.29, 1.82) is 5.41 Å². The van der Waals surface area contributed by atoms with Gasteiger partial charge in [-0.15, -0.1) is 0 Å². The van der Waals surface area contributed by atoms with Crippen LogP contribution < -0.4 is 0 Å². The van der Waals surface area contributed by atoms with Gasteiger partial charge < -0.3 is 15.0 Å². The lowest BCUT2D eigenvalue weighted by molar-refractivity contribution is -0.137. The van der Waals surface area contributed by atoms with Crippen LogP contribution >= 0.6 is 0 Å². The minimum atomic E-state index is -0.431. The van der Waals surface area contributed by atoms with E-state index in [0.717, 1.165) is 36.7 Å². The number of halogens is 1. The monoisotopic (exact) mass is 611 g/mol. The third-order valence-electron chi connectivity index (χ3n) is 7.90. The Hall–Kier alpha value is -4.66. The van der Waals surface area contributed by atoms with E-state index in [0.29, 0.717) is 47.2 Å². The summed E-state index contributed by atoms with van der Waals surface area (Å²) in [5.41, 5.74) is 6.64. The molecule has 0 bridgehead atoms. The number of esters is 1. The number of nitrogens with zero attached hydrogens (tertiary/aromatic N) is 4. The number of amides is 1. The molecule has 1 aliphatic carbocycles. The molecule has 2 aliphatic rings. The minimum absolute atomic E-state index is 0.00743. The Bertz CT molecular complexity index is 1720. The molecule has 236 valence electrons. The summed E-state index contributed by atoms with van der Waals surface area (Å²) in [6.07, 6.45) is 5.50. The van der Waals surface area contributed by atoms with Crippen molar-refractivity contribution in [3.05, 3.63) is 100 Å². The lowest BCUT2D eigenvalue weighted by Crippen LogP contribution is -2.39. The zero-order valence-electron chi connectivity index (χ0n) is 26.9. The first-order chi connectivity index (χ1) is 21.7. The lowest BCUT2D eigenvalue weighted by atomic mass is 9.93. The Morgan fingerprint density at radius 1 is 1.11 bits per heavy atom. The second kappa shape index (κ2) is 14.9. The normalized spacial score (nSPS) is 15.7. The molecule has 45 heavy (non-hydrogen) atoms. The van der Waals surface area contributed by atoms with E-state index in [1.54, 1.807) is 36.6 Å². The number of carbonyl (C=O) groups excluding carboxylic acids is 2. The predicted molar refractivity (Wildman–Crippen MR) is 175 cm³/mol. The number of hydrogen-bond acceptors (Lipinski definition) is 6. The third-order valence-corrected chi connectivity index (χ3v) is 7.90. The predicted octanol–water partition coefficient (Wildman–Crippen LogP) is 7.65. The number of allylic oxidation sites excluding steroid dienone is 1. The molecule has 1 fully saturated rings.